The number of urea groups is 1. The van der Waals surface area contributed by atoms with Gasteiger partial charge in [0, 0.05) is 7.05 Å². The molecule has 1 saturated heterocycles. The van der Waals surface area contributed by atoms with Gasteiger partial charge in [0.15, 0.2) is 0 Å². The summed E-state index contributed by atoms with van der Waals surface area (Å²) in [4.78, 5) is 43.1. The van der Waals surface area contributed by atoms with Crippen LogP contribution in [-0.2, 0) is 14.4 Å². The fraction of sp³-hybridized carbons (Fsp3) is 0.750. The fourth-order valence-electron chi connectivity index (χ4n) is 2.96. The minimum absolute atomic E-state index is 0.258. The molecule has 0 aromatic heterocycles. The Morgan fingerprint density at radius 3 is 2.53 bits per heavy atom. The van der Waals surface area contributed by atoms with Crippen molar-refractivity contribution in [3.05, 3.63) is 0 Å². The van der Waals surface area contributed by atoms with Crippen molar-refractivity contribution in [1.29, 1.82) is 0 Å². The molecule has 1 aliphatic heterocycles. The van der Waals surface area contributed by atoms with Crippen LogP contribution in [-0.4, -0.2) is 53.9 Å². The molecule has 0 radical (unpaired) electrons. The van der Waals surface area contributed by atoms with Gasteiger partial charge in [0.2, 0.25) is 0 Å². The zero-order valence-corrected chi connectivity index (χ0v) is 11.3. The molecule has 7 heteroatoms. The van der Waals surface area contributed by atoms with E-state index >= 15 is 0 Å². The van der Waals surface area contributed by atoms with E-state index in [9.17, 15) is 14.4 Å². The molecule has 0 atom stereocenters. The second-order valence-electron chi connectivity index (χ2n) is 5.05. The molecule has 0 unspecified atom stereocenters. The molecule has 1 spiro atoms. The number of hydroxylamine groups is 1. The van der Waals surface area contributed by atoms with Gasteiger partial charge < -0.3 is 4.90 Å². The lowest BCUT2D eigenvalue weighted by Gasteiger charge is -2.35. The number of nitrogens with one attached hydrogen (secondary N) is 1. The van der Waals surface area contributed by atoms with Crippen molar-refractivity contribution in [2.45, 2.75) is 37.6 Å². The third-order valence-electron chi connectivity index (χ3n) is 4.00. The Bertz CT molecular complexity index is 404. The highest BCUT2D eigenvalue weighted by atomic mass is 16.6. The molecule has 1 aliphatic carbocycles. The number of amides is 4. The van der Waals surface area contributed by atoms with Crippen molar-refractivity contribution in [1.82, 2.24) is 15.3 Å². The van der Waals surface area contributed by atoms with Gasteiger partial charge in [-0.1, -0.05) is 19.3 Å². The Morgan fingerprint density at radius 1 is 1.32 bits per heavy atom. The van der Waals surface area contributed by atoms with E-state index in [-0.39, 0.29) is 12.5 Å². The molecule has 1 saturated carbocycles. The van der Waals surface area contributed by atoms with Gasteiger partial charge in [-0.2, -0.15) is 0 Å². The number of hydrogen-bond acceptors (Lipinski definition) is 4. The maximum atomic E-state index is 12.5. The third kappa shape index (κ3) is 2.18. The van der Waals surface area contributed by atoms with Crippen molar-refractivity contribution < 1.29 is 19.2 Å². The second-order valence-corrected chi connectivity index (χ2v) is 5.05. The van der Waals surface area contributed by atoms with E-state index < -0.39 is 17.5 Å². The van der Waals surface area contributed by atoms with Gasteiger partial charge >= 0.3 is 6.03 Å². The van der Waals surface area contributed by atoms with Crippen molar-refractivity contribution in [3.63, 3.8) is 0 Å². The largest absolute Gasteiger partial charge is 0.327 e. The van der Waals surface area contributed by atoms with Crippen molar-refractivity contribution >= 4 is 17.8 Å². The summed E-state index contributed by atoms with van der Waals surface area (Å²) in [5.41, 5.74) is 1.38. The minimum atomic E-state index is -0.733. The van der Waals surface area contributed by atoms with Crippen LogP contribution in [0.1, 0.15) is 32.1 Å². The Kier molecular flexibility index (Phi) is 3.75. The third-order valence-corrected chi connectivity index (χ3v) is 4.00. The topological polar surface area (TPSA) is 79.0 Å². The number of hydrogen-bond donors (Lipinski definition) is 1. The summed E-state index contributed by atoms with van der Waals surface area (Å²) >= 11 is 0. The fourth-order valence-corrected chi connectivity index (χ4v) is 2.96. The van der Waals surface area contributed by atoms with Crippen LogP contribution in [0.25, 0.3) is 0 Å². The summed E-state index contributed by atoms with van der Waals surface area (Å²) in [6.45, 7) is -0.294. The molecule has 106 valence electrons. The predicted molar refractivity (Wildman–Crippen MR) is 65.8 cm³/mol. The van der Waals surface area contributed by atoms with Crippen LogP contribution in [0.15, 0.2) is 0 Å². The van der Waals surface area contributed by atoms with E-state index in [1.165, 1.54) is 12.0 Å². The number of likely N-dealkylation sites (N-methyl/N-ethyl adjacent to an activating group) is 1. The number of imide groups is 1. The first-order chi connectivity index (χ1) is 9.03. The average molecular weight is 269 g/mol. The molecule has 1 heterocycles. The summed E-state index contributed by atoms with van der Waals surface area (Å²) in [5.74, 6) is -0.767. The molecule has 0 bridgehead atoms. The molecule has 2 aliphatic rings. The standard InChI is InChI=1S/C12H19N3O4/c1-14-11(18)15(8-9(16)13-19-2)10(17)12(14)6-4-3-5-7-12/h3-8H2,1-2H3,(H,13,16). The molecule has 0 aromatic rings. The van der Waals surface area contributed by atoms with Gasteiger partial charge in [0.05, 0.1) is 7.11 Å². The van der Waals surface area contributed by atoms with Crippen LogP contribution in [0.2, 0.25) is 0 Å². The second kappa shape index (κ2) is 5.16. The number of nitrogens with zero attached hydrogens (tertiary/aromatic N) is 2. The quantitative estimate of drug-likeness (QED) is 0.589. The van der Waals surface area contributed by atoms with Crippen molar-refractivity contribution in [2.75, 3.05) is 20.7 Å². The molecule has 7 nitrogen and oxygen atoms in total. The Morgan fingerprint density at radius 2 is 1.95 bits per heavy atom. The molecule has 0 aromatic carbocycles. The maximum Gasteiger partial charge on any atom is 0.327 e. The highest BCUT2D eigenvalue weighted by Gasteiger charge is 2.55. The van der Waals surface area contributed by atoms with E-state index in [1.807, 2.05) is 0 Å². The Labute approximate surface area is 111 Å². The van der Waals surface area contributed by atoms with Gasteiger partial charge in [-0.05, 0) is 12.8 Å². The van der Waals surface area contributed by atoms with E-state index in [0.29, 0.717) is 12.8 Å². The first-order valence-corrected chi connectivity index (χ1v) is 6.44. The minimum Gasteiger partial charge on any atom is -0.313 e. The molecule has 2 rings (SSSR count). The number of carbonyl (C=O) groups is 3. The van der Waals surface area contributed by atoms with Crippen LogP contribution in [0.5, 0.6) is 0 Å². The summed E-state index contributed by atoms with van der Waals surface area (Å²) in [6.07, 6.45) is 4.30. The lowest BCUT2D eigenvalue weighted by Crippen LogP contribution is -2.49. The number of carbonyl (C=O) groups excluding carboxylic acids is 3. The summed E-state index contributed by atoms with van der Waals surface area (Å²) in [5, 5.41) is 0. The zero-order chi connectivity index (χ0) is 14.0. The van der Waals surface area contributed by atoms with Gasteiger partial charge in [0.25, 0.3) is 11.8 Å². The molecule has 2 fully saturated rings. The average Bonchev–Trinajstić information content (AvgIpc) is 2.57. The highest BCUT2D eigenvalue weighted by molar-refractivity contribution is 6.08. The van der Waals surface area contributed by atoms with Crippen LogP contribution in [0.3, 0.4) is 0 Å². The Balaban J connectivity index is 2.16. The summed E-state index contributed by atoms with van der Waals surface area (Å²) in [6, 6.07) is -0.404. The lowest BCUT2D eigenvalue weighted by molar-refractivity contribution is -0.140. The molecule has 4 amide bonds. The zero-order valence-electron chi connectivity index (χ0n) is 11.3. The van der Waals surface area contributed by atoms with Crippen molar-refractivity contribution in [2.24, 2.45) is 0 Å². The summed E-state index contributed by atoms with van der Waals surface area (Å²) < 4.78 is 0. The van der Waals surface area contributed by atoms with Crippen LogP contribution in [0.4, 0.5) is 4.79 Å². The van der Waals surface area contributed by atoms with E-state index in [0.717, 1.165) is 24.2 Å². The molecular weight excluding hydrogens is 250 g/mol. The predicted octanol–water partition coefficient (Wildman–Crippen LogP) is 0.261. The number of rotatable bonds is 3. The Hall–Kier alpha value is -1.63. The van der Waals surface area contributed by atoms with Gasteiger partial charge in [0.1, 0.15) is 12.1 Å². The van der Waals surface area contributed by atoms with Gasteiger partial charge in [-0.3, -0.25) is 19.3 Å². The highest BCUT2D eigenvalue weighted by Crippen LogP contribution is 2.39. The van der Waals surface area contributed by atoms with Crippen LogP contribution >= 0.6 is 0 Å². The van der Waals surface area contributed by atoms with Crippen molar-refractivity contribution in [3.8, 4) is 0 Å². The lowest BCUT2D eigenvalue weighted by atomic mass is 9.81. The van der Waals surface area contributed by atoms with E-state index in [4.69, 9.17) is 0 Å². The normalized spacial score (nSPS) is 22.2. The smallest absolute Gasteiger partial charge is 0.313 e. The molecule has 19 heavy (non-hydrogen) atoms. The maximum absolute atomic E-state index is 12.5. The monoisotopic (exact) mass is 269 g/mol. The van der Waals surface area contributed by atoms with Gasteiger partial charge in [-0.25, -0.2) is 10.3 Å². The molecule has 1 N–H and O–H groups in total. The van der Waals surface area contributed by atoms with Crippen LogP contribution in [0, 0.1) is 0 Å². The van der Waals surface area contributed by atoms with E-state index in [2.05, 4.69) is 10.3 Å². The first kappa shape index (κ1) is 13.8. The molecular formula is C12H19N3O4. The van der Waals surface area contributed by atoms with E-state index in [1.54, 1.807) is 7.05 Å². The van der Waals surface area contributed by atoms with Crippen LogP contribution < -0.4 is 5.48 Å². The summed E-state index contributed by atoms with van der Waals surface area (Å²) in [7, 11) is 2.94. The van der Waals surface area contributed by atoms with Gasteiger partial charge in [-0.15, -0.1) is 0 Å². The first-order valence-electron chi connectivity index (χ1n) is 6.44. The SMILES string of the molecule is CONC(=O)CN1C(=O)N(C)C2(CCCCC2)C1=O.